The van der Waals surface area contributed by atoms with Crippen molar-refractivity contribution in [2.45, 2.75) is 6.42 Å². The van der Waals surface area contributed by atoms with Crippen LogP contribution in [0, 0.1) is 0 Å². The minimum Gasteiger partial charge on any atom is -0.497 e. The fourth-order valence-electron chi connectivity index (χ4n) is 2.87. The molecule has 0 fully saturated rings. The number of carbonyl (C=O) groups is 1. The Bertz CT molecular complexity index is 1040. The third kappa shape index (κ3) is 4.75. The van der Waals surface area contributed by atoms with Gasteiger partial charge in [0.2, 0.25) is 12.7 Å². The van der Waals surface area contributed by atoms with E-state index in [9.17, 15) is 4.79 Å². The van der Waals surface area contributed by atoms with Crippen molar-refractivity contribution >= 4 is 23.3 Å². The molecule has 0 aliphatic carbocycles. The second-order valence-electron chi connectivity index (χ2n) is 6.36. The third-order valence-corrected chi connectivity index (χ3v) is 5.31. The average Bonchev–Trinajstić information content (AvgIpc) is 3.41. The number of thiazole rings is 1. The van der Waals surface area contributed by atoms with Crippen LogP contribution in [0.25, 0.3) is 16.6 Å². The van der Waals surface area contributed by atoms with Gasteiger partial charge in [0.05, 0.1) is 12.8 Å². The summed E-state index contributed by atoms with van der Waals surface area (Å²) in [4.78, 5) is 16.7. The summed E-state index contributed by atoms with van der Waals surface area (Å²) in [6.45, 7) is 0.755. The van der Waals surface area contributed by atoms with Crippen molar-refractivity contribution in [3.63, 3.8) is 0 Å². The highest BCUT2D eigenvalue weighted by Crippen LogP contribution is 2.32. The van der Waals surface area contributed by atoms with E-state index in [-0.39, 0.29) is 12.7 Å². The van der Waals surface area contributed by atoms with Gasteiger partial charge in [0, 0.05) is 30.0 Å². The fraction of sp³-hybridized carbons (Fsp3) is 0.182. The number of ether oxygens (including phenoxy) is 3. The number of benzene rings is 2. The summed E-state index contributed by atoms with van der Waals surface area (Å²) in [7, 11) is 1.65. The smallest absolute Gasteiger partial charge is 0.244 e. The molecule has 2 heterocycles. The van der Waals surface area contributed by atoms with Crippen molar-refractivity contribution < 1.29 is 19.0 Å². The van der Waals surface area contributed by atoms with Gasteiger partial charge < -0.3 is 19.5 Å². The van der Waals surface area contributed by atoms with Gasteiger partial charge in [-0.25, -0.2) is 4.98 Å². The van der Waals surface area contributed by atoms with E-state index in [1.807, 2.05) is 47.8 Å². The van der Waals surface area contributed by atoms with E-state index in [1.54, 1.807) is 24.5 Å². The molecular formula is C22H20N2O4S. The topological polar surface area (TPSA) is 69.7 Å². The number of rotatable bonds is 7. The molecular weight excluding hydrogens is 388 g/mol. The van der Waals surface area contributed by atoms with Gasteiger partial charge in [-0.15, -0.1) is 11.3 Å². The number of carbonyl (C=O) groups excluding carboxylic acids is 1. The molecule has 4 rings (SSSR count). The minimum absolute atomic E-state index is 0.147. The van der Waals surface area contributed by atoms with Gasteiger partial charge in [-0.3, -0.25) is 4.79 Å². The van der Waals surface area contributed by atoms with Crippen LogP contribution in [0.4, 0.5) is 0 Å². The number of nitrogens with one attached hydrogen (secondary N) is 1. The Morgan fingerprint density at radius 3 is 3.03 bits per heavy atom. The highest BCUT2D eigenvalue weighted by Gasteiger charge is 2.12. The van der Waals surface area contributed by atoms with Gasteiger partial charge in [0.25, 0.3) is 0 Å². The van der Waals surface area contributed by atoms with Gasteiger partial charge in [0.1, 0.15) is 10.8 Å². The molecule has 0 bridgehead atoms. The van der Waals surface area contributed by atoms with E-state index in [2.05, 4.69) is 10.3 Å². The van der Waals surface area contributed by atoms with Crippen molar-refractivity contribution in [3.05, 3.63) is 65.2 Å². The van der Waals surface area contributed by atoms with Gasteiger partial charge in [-0.05, 0) is 35.9 Å². The lowest BCUT2D eigenvalue weighted by atomic mass is 10.2. The van der Waals surface area contributed by atoms with E-state index < -0.39 is 0 Å². The van der Waals surface area contributed by atoms with Crippen LogP contribution in [-0.4, -0.2) is 31.3 Å². The number of hydrogen-bond acceptors (Lipinski definition) is 6. The van der Waals surface area contributed by atoms with Crippen LogP contribution in [-0.2, 0) is 11.2 Å². The Morgan fingerprint density at radius 1 is 1.24 bits per heavy atom. The van der Waals surface area contributed by atoms with E-state index in [0.717, 1.165) is 33.3 Å². The highest BCUT2D eigenvalue weighted by molar-refractivity contribution is 7.13. The second-order valence-corrected chi connectivity index (χ2v) is 7.22. The molecule has 0 atom stereocenters. The molecule has 0 spiro atoms. The SMILES string of the molecule is COc1cccc(-c2nc(CCNC(=O)/C=C/c3ccc4c(c3)OCO4)cs2)c1. The summed E-state index contributed by atoms with van der Waals surface area (Å²) in [6.07, 6.45) is 3.94. The summed E-state index contributed by atoms with van der Waals surface area (Å²) >= 11 is 1.58. The van der Waals surface area contributed by atoms with E-state index in [4.69, 9.17) is 14.2 Å². The molecule has 148 valence electrons. The lowest BCUT2D eigenvalue weighted by Gasteiger charge is -2.02. The summed E-state index contributed by atoms with van der Waals surface area (Å²) in [5, 5.41) is 5.84. The van der Waals surface area contributed by atoms with E-state index >= 15 is 0 Å². The Balaban J connectivity index is 1.28. The molecule has 1 aliphatic rings. The number of aromatic nitrogens is 1. The average molecular weight is 408 g/mol. The summed E-state index contributed by atoms with van der Waals surface area (Å²) in [5.74, 6) is 2.08. The standard InChI is InChI=1S/C22H20N2O4S/c1-26-18-4-2-3-16(12-18)22-24-17(13-29-22)9-10-23-21(25)8-6-15-5-7-19-20(11-15)28-14-27-19/h2-8,11-13H,9-10,14H2,1H3,(H,23,25)/b8-6+. The molecule has 2 aromatic carbocycles. The number of nitrogens with zero attached hydrogens (tertiary/aromatic N) is 1. The molecule has 3 aromatic rings. The Morgan fingerprint density at radius 2 is 2.14 bits per heavy atom. The Kier molecular flexibility index (Phi) is 5.76. The number of methoxy groups -OCH3 is 1. The van der Waals surface area contributed by atoms with Gasteiger partial charge >= 0.3 is 0 Å². The zero-order chi connectivity index (χ0) is 20.1. The first-order chi connectivity index (χ1) is 14.2. The Hall–Kier alpha value is -3.32. The van der Waals surface area contributed by atoms with Crippen LogP contribution in [0.15, 0.2) is 53.9 Å². The minimum atomic E-state index is -0.147. The van der Waals surface area contributed by atoms with Crippen LogP contribution >= 0.6 is 11.3 Å². The molecule has 0 saturated heterocycles. The van der Waals surface area contributed by atoms with Crippen LogP contribution in [0.5, 0.6) is 17.2 Å². The normalized spacial score (nSPS) is 12.3. The summed E-state index contributed by atoms with van der Waals surface area (Å²) in [6, 6.07) is 13.4. The van der Waals surface area contributed by atoms with Crippen molar-refractivity contribution in [3.8, 4) is 27.8 Å². The zero-order valence-corrected chi connectivity index (χ0v) is 16.7. The van der Waals surface area contributed by atoms with Crippen molar-refractivity contribution in [1.29, 1.82) is 0 Å². The summed E-state index contributed by atoms with van der Waals surface area (Å²) < 4.78 is 15.9. The quantitative estimate of drug-likeness (QED) is 0.600. The second kappa shape index (κ2) is 8.79. The third-order valence-electron chi connectivity index (χ3n) is 4.37. The molecule has 1 amide bonds. The lowest BCUT2D eigenvalue weighted by molar-refractivity contribution is -0.116. The molecule has 6 nitrogen and oxygen atoms in total. The monoisotopic (exact) mass is 408 g/mol. The maximum atomic E-state index is 12.1. The molecule has 0 radical (unpaired) electrons. The molecule has 1 aromatic heterocycles. The molecule has 0 unspecified atom stereocenters. The number of hydrogen-bond donors (Lipinski definition) is 1. The molecule has 0 saturated carbocycles. The van der Waals surface area contributed by atoms with Crippen molar-refractivity contribution in [2.75, 3.05) is 20.4 Å². The molecule has 7 heteroatoms. The zero-order valence-electron chi connectivity index (χ0n) is 15.9. The number of fused-ring (bicyclic) bond motifs is 1. The van der Waals surface area contributed by atoms with E-state index in [1.165, 1.54) is 6.08 Å². The predicted molar refractivity (Wildman–Crippen MR) is 112 cm³/mol. The van der Waals surface area contributed by atoms with Crippen LogP contribution in [0.3, 0.4) is 0 Å². The molecule has 29 heavy (non-hydrogen) atoms. The highest BCUT2D eigenvalue weighted by atomic mass is 32.1. The van der Waals surface area contributed by atoms with Crippen LogP contribution < -0.4 is 19.5 Å². The lowest BCUT2D eigenvalue weighted by Crippen LogP contribution is -2.23. The molecule has 1 aliphatic heterocycles. The van der Waals surface area contributed by atoms with Crippen LogP contribution in [0.1, 0.15) is 11.3 Å². The number of amides is 1. The maximum absolute atomic E-state index is 12.1. The first kappa shape index (κ1) is 19.0. The van der Waals surface area contributed by atoms with Gasteiger partial charge in [-0.1, -0.05) is 18.2 Å². The fourth-order valence-corrected chi connectivity index (χ4v) is 3.72. The van der Waals surface area contributed by atoms with Gasteiger partial charge in [0.15, 0.2) is 11.5 Å². The predicted octanol–water partition coefficient (Wildman–Crippen LogP) is 3.92. The first-order valence-corrected chi connectivity index (χ1v) is 10.0. The molecule has 1 N–H and O–H groups in total. The van der Waals surface area contributed by atoms with Gasteiger partial charge in [-0.2, -0.15) is 0 Å². The first-order valence-electron chi connectivity index (χ1n) is 9.16. The van der Waals surface area contributed by atoms with Crippen molar-refractivity contribution in [2.24, 2.45) is 0 Å². The van der Waals surface area contributed by atoms with Crippen molar-refractivity contribution in [1.82, 2.24) is 10.3 Å². The summed E-state index contributed by atoms with van der Waals surface area (Å²) in [5.41, 5.74) is 2.86. The maximum Gasteiger partial charge on any atom is 0.244 e. The largest absolute Gasteiger partial charge is 0.497 e. The van der Waals surface area contributed by atoms with E-state index in [0.29, 0.717) is 18.7 Å². The Labute approximate surface area is 172 Å². The van der Waals surface area contributed by atoms with Crippen LogP contribution in [0.2, 0.25) is 0 Å².